The molecule has 4 amide bonds. The lowest BCUT2D eigenvalue weighted by molar-refractivity contribution is -0.138. The first-order valence-electron chi connectivity index (χ1n) is 18.4. The molecule has 0 radical (unpaired) electrons. The molecule has 306 valence electrons. The number of alkyl carbamates (subject to hydrolysis) is 1. The zero-order chi connectivity index (χ0) is 40.1. The standard InChI is InChI=1S/C29H39N3O4.C6H10FNO3S.C3H7NO2.3H2/c1-4-5-6-10-19(2)15-20(3)16-26(33)32-18-21(17-25(32)28(30)34)36-29-23-12-8-7-11-22(23)27-24(31-29)13-9-14-35-27;1-5(9)8-12(10,11)6(4-7)2-3-6;1-4-3(5)6-2;;;/h4-5,7-8,11-12,19-21,25H,6,9-10,13-18H2,1-3H3,(H2,30,34);2-4H2,1H3,(H,8,9);1-2H3,(H,4,5);3*1H/b5-4-;;;;;/t19-,20-,21-,25+;;;;;/m1...../s1. The molecule has 1 saturated carbocycles. The molecule has 0 unspecified atom stereocenters. The summed E-state index contributed by atoms with van der Waals surface area (Å²) in [4.78, 5) is 52.2. The number of aryl methyl sites for hydroxylation is 1. The molecule has 2 aliphatic heterocycles. The molecule has 2 fully saturated rings. The number of benzene rings is 1. The van der Waals surface area contributed by atoms with Crippen LogP contribution in [0.1, 0.15) is 89.0 Å². The maximum Gasteiger partial charge on any atom is 0.406 e. The first kappa shape index (κ1) is 43.9. The number of likely N-dealkylation sites (tertiary alicyclic amines) is 1. The number of halogens is 1. The number of aromatic nitrogens is 1. The number of carbonyl (C=O) groups excluding carboxylic acids is 4. The van der Waals surface area contributed by atoms with Crippen LogP contribution in [0.4, 0.5) is 9.18 Å². The SMILES string of the molecule is C/C=C\CC[C@@H](C)C[C@@H](C)CC(=O)N1C[C@H](Oc2nc3c(c4ccccc24)OCCC3)C[C@H]1C(N)=O.CC(=O)NS(=O)(=O)C1(CF)CC1.CNC(=O)OC.[HH].[HH].[HH]. The molecule has 16 heteroatoms. The molecule has 4 N–H and O–H groups in total. The third kappa shape index (κ3) is 12.0. The van der Waals surface area contributed by atoms with Crippen LogP contribution in [0.25, 0.3) is 10.8 Å². The van der Waals surface area contributed by atoms with Gasteiger partial charge in [0.2, 0.25) is 33.6 Å². The number of sulfonamides is 1. The third-order valence-corrected chi connectivity index (χ3v) is 11.8. The molecule has 3 heterocycles. The maximum atomic E-state index is 13.2. The lowest BCUT2D eigenvalue weighted by Crippen LogP contribution is -2.44. The van der Waals surface area contributed by atoms with E-state index in [2.05, 4.69) is 36.1 Å². The molecular formula is C38H62FN5O9S. The summed E-state index contributed by atoms with van der Waals surface area (Å²) in [6, 6.07) is 7.26. The summed E-state index contributed by atoms with van der Waals surface area (Å²) in [7, 11) is -0.948. The zero-order valence-corrected chi connectivity index (χ0v) is 33.0. The van der Waals surface area contributed by atoms with Gasteiger partial charge in [0, 0.05) is 41.9 Å². The Kier molecular flexibility index (Phi) is 16.5. The minimum Gasteiger partial charge on any atom is -0.491 e. The predicted molar refractivity (Wildman–Crippen MR) is 209 cm³/mol. The van der Waals surface area contributed by atoms with Crippen molar-refractivity contribution in [1.82, 2.24) is 19.9 Å². The minimum absolute atomic E-state index is 0. The topological polar surface area (TPSA) is 196 Å². The van der Waals surface area contributed by atoms with Crippen molar-refractivity contribution >= 4 is 44.6 Å². The minimum atomic E-state index is -3.77. The van der Waals surface area contributed by atoms with Gasteiger partial charge in [-0.15, -0.1) is 0 Å². The maximum absolute atomic E-state index is 13.2. The largest absolute Gasteiger partial charge is 0.491 e. The van der Waals surface area contributed by atoms with E-state index in [1.807, 2.05) is 31.2 Å². The van der Waals surface area contributed by atoms with Crippen molar-refractivity contribution in [3.8, 4) is 11.6 Å². The van der Waals surface area contributed by atoms with E-state index in [1.54, 1.807) is 9.62 Å². The van der Waals surface area contributed by atoms with Crippen LogP contribution in [0.15, 0.2) is 36.4 Å². The van der Waals surface area contributed by atoms with E-state index in [0.717, 1.165) is 61.2 Å². The number of allylic oxidation sites excluding steroid dienone is 2. The van der Waals surface area contributed by atoms with E-state index in [0.29, 0.717) is 50.6 Å². The molecule has 4 atom stereocenters. The van der Waals surface area contributed by atoms with Gasteiger partial charge in [-0.1, -0.05) is 44.2 Å². The van der Waals surface area contributed by atoms with Crippen LogP contribution in [0.2, 0.25) is 0 Å². The number of carbonyl (C=O) groups is 4. The fourth-order valence-electron chi connectivity index (χ4n) is 6.54. The van der Waals surface area contributed by atoms with Gasteiger partial charge < -0.3 is 30.2 Å². The fraction of sp³-hybridized carbons (Fsp3) is 0.605. The van der Waals surface area contributed by atoms with Crippen molar-refractivity contribution in [2.75, 3.05) is 34.0 Å². The van der Waals surface area contributed by atoms with Crippen molar-refractivity contribution < 1.29 is 50.5 Å². The molecule has 1 aromatic heterocycles. The van der Waals surface area contributed by atoms with Gasteiger partial charge in [0.25, 0.3) is 0 Å². The molecule has 0 spiro atoms. The van der Waals surface area contributed by atoms with Crippen molar-refractivity contribution in [2.45, 2.75) is 102 Å². The highest BCUT2D eigenvalue weighted by Crippen LogP contribution is 2.43. The Hall–Kier alpha value is -4.47. The van der Waals surface area contributed by atoms with E-state index in [9.17, 15) is 32.0 Å². The number of methoxy groups -OCH3 is 1. The number of nitrogens with one attached hydrogen (secondary N) is 2. The normalized spacial score (nSPS) is 19.4. The summed E-state index contributed by atoms with van der Waals surface area (Å²) in [6.07, 6.45) is 9.77. The second-order valence-electron chi connectivity index (χ2n) is 14.1. The van der Waals surface area contributed by atoms with Gasteiger partial charge in [0.15, 0.2) is 0 Å². The second-order valence-corrected chi connectivity index (χ2v) is 16.2. The number of fused-ring (bicyclic) bond motifs is 3. The summed E-state index contributed by atoms with van der Waals surface area (Å²) < 4.78 is 51.5. The van der Waals surface area contributed by atoms with Crippen LogP contribution < -0.4 is 25.2 Å². The van der Waals surface area contributed by atoms with Crippen molar-refractivity contribution in [2.24, 2.45) is 17.6 Å². The number of amides is 4. The number of pyridine rings is 1. The molecule has 2 aromatic rings. The molecule has 3 aliphatic rings. The van der Waals surface area contributed by atoms with Gasteiger partial charge in [0.05, 0.1) is 26.0 Å². The summed E-state index contributed by atoms with van der Waals surface area (Å²) in [5.41, 5.74) is 6.61. The lowest BCUT2D eigenvalue weighted by atomic mass is 9.91. The molecule has 0 bridgehead atoms. The molecule has 1 saturated heterocycles. The first-order chi connectivity index (χ1) is 25.6. The van der Waals surface area contributed by atoms with Crippen LogP contribution in [0.5, 0.6) is 11.6 Å². The number of nitrogens with zero attached hydrogens (tertiary/aromatic N) is 2. The average Bonchev–Trinajstić information content (AvgIpc) is 3.84. The van der Waals surface area contributed by atoms with Gasteiger partial charge in [-0.2, -0.15) is 0 Å². The zero-order valence-electron chi connectivity index (χ0n) is 32.2. The van der Waals surface area contributed by atoms with Crippen molar-refractivity contribution in [1.29, 1.82) is 0 Å². The van der Waals surface area contributed by atoms with E-state index < -0.39 is 45.4 Å². The van der Waals surface area contributed by atoms with Crippen LogP contribution in [0, 0.1) is 11.8 Å². The van der Waals surface area contributed by atoms with E-state index >= 15 is 0 Å². The fourth-order valence-corrected chi connectivity index (χ4v) is 7.92. The van der Waals surface area contributed by atoms with Gasteiger partial charge in [-0.25, -0.2) is 22.6 Å². The lowest BCUT2D eigenvalue weighted by Gasteiger charge is -2.24. The molecular weight excluding hydrogens is 722 g/mol. The van der Waals surface area contributed by atoms with E-state index in [-0.39, 0.29) is 22.2 Å². The van der Waals surface area contributed by atoms with Crippen LogP contribution in [-0.4, -0.2) is 93.0 Å². The number of rotatable bonds is 13. The number of hydrogen-bond donors (Lipinski definition) is 3. The highest BCUT2D eigenvalue weighted by atomic mass is 32.2. The molecule has 1 aromatic carbocycles. The summed E-state index contributed by atoms with van der Waals surface area (Å²) in [6.45, 7) is 7.57. The van der Waals surface area contributed by atoms with Gasteiger partial charge in [0.1, 0.15) is 29.3 Å². The summed E-state index contributed by atoms with van der Waals surface area (Å²) >= 11 is 0. The first-order valence-corrected chi connectivity index (χ1v) is 19.9. The van der Waals surface area contributed by atoms with Crippen LogP contribution >= 0.6 is 0 Å². The number of alkyl halides is 1. The third-order valence-electron chi connectivity index (χ3n) is 9.57. The Bertz CT molecular complexity index is 1760. The van der Waals surface area contributed by atoms with E-state index in [4.69, 9.17) is 20.2 Å². The molecule has 54 heavy (non-hydrogen) atoms. The van der Waals surface area contributed by atoms with Crippen molar-refractivity contribution in [3.05, 3.63) is 42.1 Å². The van der Waals surface area contributed by atoms with Gasteiger partial charge in [-0.3, -0.25) is 19.1 Å². The molecule has 1 aliphatic carbocycles. The smallest absolute Gasteiger partial charge is 0.406 e. The highest BCUT2D eigenvalue weighted by molar-refractivity contribution is 7.91. The van der Waals surface area contributed by atoms with Crippen molar-refractivity contribution in [3.63, 3.8) is 0 Å². The molecule has 14 nitrogen and oxygen atoms in total. The Morgan fingerprint density at radius 3 is 2.43 bits per heavy atom. The summed E-state index contributed by atoms with van der Waals surface area (Å²) in [5.74, 6) is 0.941. The average molecular weight is 784 g/mol. The van der Waals surface area contributed by atoms with E-state index in [1.165, 1.54) is 14.2 Å². The monoisotopic (exact) mass is 783 g/mol. The second kappa shape index (κ2) is 20.3. The number of ether oxygens (including phenoxy) is 3. The van der Waals surface area contributed by atoms with Crippen LogP contribution in [-0.2, 0) is 35.6 Å². The number of nitrogens with two attached hydrogens (primary N) is 1. The van der Waals surface area contributed by atoms with Gasteiger partial charge >= 0.3 is 6.09 Å². The number of hydrogen-bond acceptors (Lipinski definition) is 10. The van der Waals surface area contributed by atoms with Crippen LogP contribution in [0.3, 0.4) is 0 Å². The quantitative estimate of drug-likeness (QED) is 0.219. The number of primary amides is 1. The Labute approximate surface area is 322 Å². The highest BCUT2D eigenvalue weighted by Gasteiger charge is 2.55. The Morgan fingerprint density at radius 2 is 1.87 bits per heavy atom. The Balaban J connectivity index is 0.00000124. The Morgan fingerprint density at radius 1 is 1.19 bits per heavy atom. The van der Waals surface area contributed by atoms with Gasteiger partial charge in [-0.05, 0) is 69.8 Å². The predicted octanol–water partition coefficient (Wildman–Crippen LogP) is 5.47. The molecule has 5 rings (SSSR count). The summed E-state index contributed by atoms with van der Waals surface area (Å²) in [5, 5.41) is 4.11.